The molecule has 0 saturated carbocycles. The van der Waals surface area contributed by atoms with Gasteiger partial charge in [-0.3, -0.25) is 0 Å². The Balaban J connectivity index is 2.24. The van der Waals surface area contributed by atoms with Crippen LogP contribution in [-0.4, -0.2) is 6.61 Å². The molecule has 0 fully saturated rings. The average molecular weight is 241 g/mol. The van der Waals surface area contributed by atoms with Crippen molar-refractivity contribution in [2.24, 2.45) is 0 Å². The number of halogens is 1. The summed E-state index contributed by atoms with van der Waals surface area (Å²) in [6.45, 7) is 0.603. The third-order valence-electron chi connectivity index (χ3n) is 1.80. The molecule has 1 atom stereocenters. The lowest BCUT2D eigenvalue weighted by atomic mass is 10.2. The summed E-state index contributed by atoms with van der Waals surface area (Å²) in [5.74, 6) is 0. The molecule has 0 radical (unpaired) electrons. The van der Waals surface area contributed by atoms with Gasteiger partial charge in [0.25, 0.3) is 0 Å². The molecular formula is C10H9BrO2. The van der Waals surface area contributed by atoms with Gasteiger partial charge in [0.05, 0.1) is 12.9 Å². The first-order chi connectivity index (χ1) is 6.38. The second-order valence-corrected chi connectivity index (χ2v) is 3.55. The number of hydrogen-bond donors (Lipinski definition) is 0. The molecule has 68 valence electrons. The van der Waals surface area contributed by atoms with E-state index in [0.29, 0.717) is 6.61 Å². The zero-order valence-corrected chi connectivity index (χ0v) is 8.53. The molecule has 0 aromatic heterocycles. The summed E-state index contributed by atoms with van der Waals surface area (Å²) in [7, 11) is 0. The number of ether oxygens (including phenoxy) is 2. The van der Waals surface area contributed by atoms with Crippen LogP contribution >= 0.6 is 15.9 Å². The van der Waals surface area contributed by atoms with Crippen molar-refractivity contribution in [3.8, 4) is 0 Å². The third-order valence-corrected chi connectivity index (χ3v) is 2.52. The molecule has 2 rings (SSSR count). The first kappa shape index (κ1) is 8.78. The molecule has 0 bridgehead atoms. The molecule has 1 heterocycles. The molecule has 1 aliphatic rings. The zero-order valence-electron chi connectivity index (χ0n) is 6.94. The molecule has 1 aromatic carbocycles. The summed E-state index contributed by atoms with van der Waals surface area (Å²) in [6, 6.07) is 7.88. The fourth-order valence-electron chi connectivity index (χ4n) is 1.18. The van der Waals surface area contributed by atoms with Crippen molar-refractivity contribution < 1.29 is 9.47 Å². The molecule has 0 N–H and O–H groups in total. The lowest BCUT2D eigenvalue weighted by Gasteiger charge is -2.20. The van der Waals surface area contributed by atoms with Crippen LogP contribution in [0.5, 0.6) is 0 Å². The summed E-state index contributed by atoms with van der Waals surface area (Å²) >= 11 is 3.45. The maximum Gasteiger partial charge on any atom is 0.227 e. The van der Waals surface area contributed by atoms with Crippen molar-refractivity contribution in [1.29, 1.82) is 0 Å². The van der Waals surface area contributed by atoms with Crippen LogP contribution in [0.3, 0.4) is 0 Å². The highest BCUT2D eigenvalue weighted by molar-refractivity contribution is 9.10. The van der Waals surface area contributed by atoms with E-state index < -0.39 is 0 Å². The highest BCUT2D eigenvalue weighted by Crippen LogP contribution is 2.28. The Morgan fingerprint density at radius 1 is 1.31 bits per heavy atom. The van der Waals surface area contributed by atoms with Crippen LogP contribution in [0, 0.1) is 0 Å². The minimum Gasteiger partial charge on any atom is -0.468 e. The van der Waals surface area contributed by atoms with Crippen molar-refractivity contribution in [2.75, 3.05) is 6.61 Å². The number of hydrogen-bond acceptors (Lipinski definition) is 2. The van der Waals surface area contributed by atoms with Crippen LogP contribution in [0.4, 0.5) is 0 Å². The predicted molar refractivity (Wildman–Crippen MR) is 53.1 cm³/mol. The van der Waals surface area contributed by atoms with Gasteiger partial charge < -0.3 is 9.47 Å². The lowest BCUT2D eigenvalue weighted by molar-refractivity contribution is -0.115. The maximum atomic E-state index is 5.41. The second-order valence-electron chi connectivity index (χ2n) is 2.69. The van der Waals surface area contributed by atoms with Crippen LogP contribution < -0.4 is 0 Å². The standard InChI is InChI=1S/C10H9BrO2/c11-9-5-2-1-4-8(9)10-12-6-3-7-13-10/h1-6,10H,7H2. The van der Waals surface area contributed by atoms with Crippen LogP contribution in [-0.2, 0) is 9.47 Å². The Bertz CT molecular complexity index is 322. The fraction of sp³-hybridized carbons (Fsp3) is 0.200. The van der Waals surface area contributed by atoms with E-state index >= 15 is 0 Å². The molecule has 1 aromatic rings. The monoisotopic (exact) mass is 240 g/mol. The zero-order chi connectivity index (χ0) is 9.10. The van der Waals surface area contributed by atoms with E-state index in [9.17, 15) is 0 Å². The normalized spacial score (nSPS) is 21.2. The van der Waals surface area contributed by atoms with Crippen molar-refractivity contribution in [1.82, 2.24) is 0 Å². The molecule has 1 aliphatic heterocycles. The van der Waals surface area contributed by atoms with Gasteiger partial charge in [-0.1, -0.05) is 34.1 Å². The minimum atomic E-state index is -0.277. The van der Waals surface area contributed by atoms with Crippen molar-refractivity contribution in [2.45, 2.75) is 6.29 Å². The van der Waals surface area contributed by atoms with Gasteiger partial charge in [0.1, 0.15) is 0 Å². The molecular weight excluding hydrogens is 232 g/mol. The maximum absolute atomic E-state index is 5.41. The average Bonchev–Trinajstić information content (AvgIpc) is 2.20. The smallest absolute Gasteiger partial charge is 0.227 e. The molecule has 1 unspecified atom stereocenters. The SMILES string of the molecule is Brc1ccccc1C1OC=CCO1. The van der Waals surface area contributed by atoms with Crippen molar-refractivity contribution in [3.63, 3.8) is 0 Å². The van der Waals surface area contributed by atoms with Gasteiger partial charge in [0.2, 0.25) is 6.29 Å². The number of rotatable bonds is 1. The molecule has 0 spiro atoms. The Labute approximate surface area is 85.3 Å². The van der Waals surface area contributed by atoms with Gasteiger partial charge in [-0.05, 0) is 12.1 Å². The topological polar surface area (TPSA) is 18.5 Å². The Kier molecular flexibility index (Phi) is 2.66. The first-order valence-corrected chi connectivity index (χ1v) is 4.84. The minimum absolute atomic E-state index is 0.277. The van der Waals surface area contributed by atoms with Crippen molar-refractivity contribution in [3.05, 3.63) is 46.6 Å². The van der Waals surface area contributed by atoms with E-state index in [0.717, 1.165) is 10.0 Å². The summed E-state index contributed by atoms with van der Waals surface area (Å²) < 4.78 is 11.7. The van der Waals surface area contributed by atoms with Gasteiger partial charge in [-0.15, -0.1) is 0 Å². The van der Waals surface area contributed by atoms with Gasteiger partial charge in [-0.2, -0.15) is 0 Å². The quantitative estimate of drug-likeness (QED) is 0.752. The third kappa shape index (κ3) is 1.92. The van der Waals surface area contributed by atoms with E-state index in [1.165, 1.54) is 0 Å². The molecule has 0 amide bonds. The van der Waals surface area contributed by atoms with E-state index in [1.54, 1.807) is 6.26 Å². The van der Waals surface area contributed by atoms with Crippen LogP contribution in [0.1, 0.15) is 11.9 Å². The summed E-state index contributed by atoms with van der Waals surface area (Å²) in [5, 5.41) is 0. The van der Waals surface area contributed by atoms with Gasteiger partial charge in [-0.25, -0.2) is 0 Å². The Hall–Kier alpha value is -0.800. The first-order valence-electron chi connectivity index (χ1n) is 4.04. The second kappa shape index (κ2) is 3.94. The van der Waals surface area contributed by atoms with E-state index in [-0.39, 0.29) is 6.29 Å². The van der Waals surface area contributed by atoms with E-state index in [2.05, 4.69) is 15.9 Å². The molecule has 0 aliphatic carbocycles. The van der Waals surface area contributed by atoms with Crippen LogP contribution in [0.15, 0.2) is 41.1 Å². The Morgan fingerprint density at radius 3 is 2.85 bits per heavy atom. The van der Waals surface area contributed by atoms with Gasteiger partial charge in [0.15, 0.2) is 0 Å². The lowest BCUT2D eigenvalue weighted by Crippen LogP contribution is -2.10. The fourth-order valence-corrected chi connectivity index (χ4v) is 1.65. The van der Waals surface area contributed by atoms with E-state index in [4.69, 9.17) is 9.47 Å². The molecule has 13 heavy (non-hydrogen) atoms. The largest absolute Gasteiger partial charge is 0.468 e. The van der Waals surface area contributed by atoms with Crippen LogP contribution in [0.2, 0.25) is 0 Å². The van der Waals surface area contributed by atoms with Crippen molar-refractivity contribution >= 4 is 15.9 Å². The van der Waals surface area contributed by atoms with Crippen LogP contribution in [0.25, 0.3) is 0 Å². The van der Waals surface area contributed by atoms with Gasteiger partial charge >= 0.3 is 0 Å². The molecule has 3 heteroatoms. The Morgan fingerprint density at radius 2 is 2.15 bits per heavy atom. The summed E-state index contributed by atoms with van der Waals surface area (Å²) in [6.07, 6.45) is 3.24. The van der Waals surface area contributed by atoms with E-state index in [1.807, 2.05) is 30.3 Å². The summed E-state index contributed by atoms with van der Waals surface area (Å²) in [5.41, 5.74) is 1.02. The highest BCUT2D eigenvalue weighted by Gasteiger charge is 2.16. The number of benzene rings is 1. The van der Waals surface area contributed by atoms with Gasteiger partial charge in [0, 0.05) is 10.0 Å². The molecule has 0 saturated heterocycles. The predicted octanol–water partition coefficient (Wildman–Crippen LogP) is 3.01. The molecule has 2 nitrogen and oxygen atoms in total. The highest BCUT2D eigenvalue weighted by atomic mass is 79.9. The summed E-state index contributed by atoms with van der Waals surface area (Å²) in [4.78, 5) is 0.